The Balaban J connectivity index is 2.20. The second-order valence-corrected chi connectivity index (χ2v) is 7.60. The SMILES string of the molecule is CCS(=O)(=Nc1c(-c2ccccc2)nnn1C)c1ccccc1. The number of hydrogen-bond acceptors (Lipinski definition) is 4. The Kier molecular flexibility index (Phi) is 4.25. The van der Waals surface area contributed by atoms with Gasteiger partial charge in [-0.1, -0.05) is 60.7 Å². The van der Waals surface area contributed by atoms with Gasteiger partial charge in [-0.3, -0.25) is 0 Å². The van der Waals surface area contributed by atoms with Gasteiger partial charge in [-0.15, -0.1) is 5.10 Å². The lowest BCUT2D eigenvalue weighted by atomic mass is 10.1. The van der Waals surface area contributed by atoms with Crippen LogP contribution in [0, 0.1) is 0 Å². The molecule has 0 aliphatic rings. The number of benzene rings is 2. The van der Waals surface area contributed by atoms with E-state index < -0.39 is 9.73 Å². The summed E-state index contributed by atoms with van der Waals surface area (Å²) in [5.74, 6) is 0.961. The van der Waals surface area contributed by atoms with Crippen LogP contribution in [0.2, 0.25) is 0 Å². The molecular weight excluding hydrogens is 308 g/mol. The summed E-state index contributed by atoms with van der Waals surface area (Å²) in [5, 5.41) is 8.24. The molecule has 1 aromatic heterocycles. The van der Waals surface area contributed by atoms with E-state index in [0.29, 0.717) is 17.3 Å². The molecule has 0 saturated heterocycles. The molecule has 118 valence electrons. The Hall–Kier alpha value is -2.47. The van der Waals surface area contributed by atoms with Gasteiger partial charge in [0.05, 0.1) is 9.73 Å². The highest BCUT2D eigenvalue weighted by Gasteiger charge is 2.17. The van der Waals surface area contributed by atoms with Crippen LogP contribution in [0.4, 0.5) is 5.82 Å². The Morgan fingerprint density at radius 2 is 1.65 bits per heavy atom. The molecule has 3 rings (SSSR count). The first-order chi connectivity index (χ1) is 11.1. The molecule has 0 N–H and O–H groups in total. The van der Waals surface area contributed by atoms with E-state index in [1.807, 2.05) is 67.6 Å². The molecular formula is C17H18N4OS. The molecule has 0 bridgehead atoms. The summed E-state index contributed by atoms with van der Waals surface area (Å²) in [7, 11) is -0.795. The molecule has 2 aromatic carbocycles. The molecule has 0 spiro atoms. The lowest BCUT2D eigenvalue weighted by Crippen LogP contribution is -2.04. The van der Waals surface area contributed by atoms with Crippen molar-refractivity contribution in [1.29, 1.82) is 0 Å². The van der Waals surface area contributed by atoms with Crippen LogP contribution in [0.3, 0.4) is 0 Å². The summed E-state index contributed by atoms with van der Waals surface area (Å²) in [6.45, 7) is 1.88. The van der Waals surface area contributed by atoms with Crippen LogP contribution >= 0.6 is 0 Å². The van der Waals surface area contributed by atoms with Crippen LogP contribution in [0.1, 0.15) is 6.92 Å². The van der Waals surface area contributed by atoms with E-state index in [2.05, 4.69) is 14.7 Å². The Bertz CT molecular complexity index is 910. The molecule has 3 aromatic rings. The highest BCUT2D eigenvalue weighted by molar-refractivity contribution is 7.93. The predicted molar refractivity (Wildman–Crippen MR) is 91.9 cm³/mol. The fourth-order valence-corrected chi connectivity index (χ4v) is 3.93. The normalized spacial score (nSPS) is 13.5. The molecule has 23 heavy (non-hydrogen) atoms. The van der Waals surface area contributed by atoms with Crippen molar-refractivity contribution in [2.45, 2.75) is 11.8 Å². The number of hydrogen-bond donors (Lipinski definition) is 0. The van der Waals surface area contributed by atoms with Crippen LogP contribution in [0.25, 0.3) is 11.3 Å². The topological polar surface area (TPSA) is 60.1 Å². The van der Waals surface area contributed by atoms with Gasteiger partial charge in [-0.2, -0.15) is 4.36 Å². The molecule has 5 nitrogen and oxygen atoms in total. The molecule has 0 aliphatic carbocycles. The summed E-state index contributed by atoms with van der Waals surface area (Å²) in [6.07, 6.45) is 0. The molecule has 6 heteroatoms. The van der Waals surface area contributed by atoms with Crippen molar-refractivity contribution < 1.29 is 4.21 Å². The van der Waals surface area contributed by atoms with Gasteiger partial charge in [-0.25, -0.2) is 8.89 Å². The zero-order valence-electron chi connectivity index (χ0n) is 13.1. The highest BCUT2D eigenvalue weighted by atomic mass is 32.2. The molecule has 1 atom stereocenters. The molecule has 0 amide bonds. The lowest BCUT2D eigenvalue weighted by Gasteiger charge is -2.08. The minimum atomic E-state index is -2.56. The fraction of sp³-hybridized carbons (Fsp3) is 0.176. The van der Waals surface area contributed by atoms with Gasteiger partial charge >= 0.3 is 0 Å². The van der Waals surface area contributed by atoms with Crippen LogP contribution < -0.4 is 0 Å². The van der Waals surface area contributed by atoms with Gasteiger partial charge in [0.25, 0.3) is 0 Å². The van der Waals surface area contributed by atoms with E-state index in [9.17, 15) is 4.21 Å². The molecule has 0 aliphatic heterocycles. The number of nitrogens with zero attached hydrogens (tertiary/aromatic N) is 4. The van der Waals surface area contributed by atoms with Crippen molar-refractivity contribution in [1.82, 2.24) is 15.0 Å². The summed E-state index contributed by atoms with van der Waals surface area (Å²) < 4.78 is 19.5. The van der Waals surface area contributed by atoms with E-state index in [1.54, 1.807) is 11.7 Å². The maximum atomic E-state index is 13.3. The third-order valence-electron chi connectivity index (χ3n) is 3.58. The van der Waals surface area contributed by atoms with Gasteiger partial charge in [0.1, 0.15) is 5.69 Å². The average molecular weight is 326 g/mol. The van der Waals surface area contributed by atoms with Crippen molar-refractivity contribution in [2.24, 2.45) is 11.4 Å². The first kappa shape index (κ1) is 15.4. The zero-order chi connectivity index (χ0) is 16.3. The monoisotopic (exact) mass is 326 g/mol. The lowest BCUT2D eigenvalue weighted by molar-refractivity contribution is 0.675. The third kappa shape index (κ3) is 3.03. The molecule has 1 unspecified atom stereocenters. The van der Waals surface area contributed by atoms with Crippen LogP contribution in [0.15, 0.2) is 69.9 Å². The number of rotatable bonds is 4. The van der Waals surface area contributed by atoms with Crippen LogP contribution in [-0.4, -0.2) is 25.0 Å². The summed E-state index contributed by atoms with van der Waals surface area (Å²) in [5.41, 5.74) is 1.55. The van der Waals surface area contributed by atoms with E-state index >= 15 is 0 Å². The zero-order valence-corrected chi connectivity index (χ0v) is 13.9. The van der Waals surface area contributed by atoms with E-state index in [1.165, 1.54) is 0 Å². The summed E-state index contributed by atoms with van der Waals surface area (Å²) in [6, 6.07) is 19.0. The second-order valence-electron chi connectivity index (χ2n) is 5.08. The number of aromatic nitrogens is 3. The first-order valence-corrected chi connectivity index (χ1v) is 9.07. The Morgan fingerprint density at radius 1 is 1.04 bits per heavy atom. The quantitative estimate of drug-likeness (QED) is 0.735. The fourth-order valence-electron chi connectivity index (χ4n) is 2.29. The van der Waals surface area contributed by atoms with Crippen molar-refractivity contribution >= 4 is 15.5 Å². The highest BCUT2D eigenvalue weighted by Crippen LogP contribution is 2.30. The number of aryl methyl sites for hydroxylation is 1. The molecule has 0 radical (unpaired) electrons. The van der Waals surface area contributed by atoms with E-state index in [4.69, 9.17) is 0 Å². The van der Waals surface area contributed by atoms with Gasteiger partial charge in [0, 0.05) is 23.3 Å². The first-order valence-electron chi connectivity index (χ1n) is 7.39. The standard InChI is InChI=1S/C17H18N4OS/c1-3-23(22,15-12-8-5-9-13-15)19-17-16(18-20-21(17)2)14-10-6-4-7-11-14/h4-13H,3H2,1-2H3. The summed E-state index contributed by atoms with van der Waals surface area (Å²) in [4.78, 5) is 0.725. The Morgan fingerprint density at radius 3 is 2.26 bits per heavy atom. The van der Waals surface area contributed by atoms with Gasteiger partial charge in [0.2, 0.25) is 0 Å². The predicted octanol–water partition coefficient (Wildman–Crippen LogP) is 3.66. The Labute approximate surface area is 136 Å². The van der Waals surface area contributed by atoms with Crippen molar-refractivity contribution in [2.75, 3.05) is 5.75 Å². The molecule has 0 saturated carbocycles. The van der Waals surface area contributed by atoms with Gasteiger partial charge < -0.3 is 0 Å². The van der Waals surface area contributed by atoms with Crippen molar-refractivity contribution in [3.05, 3.63) is 60.7 Å². The smallest absolute Gasteiger partial charge is 0.188 e. The van der Waals surface area contributed by atoms with Crippen LogP contribution in [0.5, 0.6) is 0 Å². The largest absolute Gasteiger partial charge is 0.244 e. The second kappa shape index (κ2) is 6.34. The maximum Gasteiger partial charge on any atom is 0.188 e. The van der Waals surface area contributed by atoms with Crippen molar-refractivity contribution in [3.63, 3.8) is 0 Å². The average Bonchev–Trinajstić information content (AvgIpc) is 2.97. The van der Waals surface area contributed by atoms with E-state index in [-0.39, 0.29) is 0 Å². The van der Waals surface area contributed by atoms with Crippen molar-refractivity contribution in [3.8, 4) is 11.3 Å². The van der Waals surface area contributed by atoms with Gasteiger partial charge in [-0.05, 0) is 12.1 Å². The van der Waals surface area contributed by atoms with Gasteiger partial charge in [0.15, 0.2) is 5.82 Å². The maximum absolute atomic E-state index is 13.3. The summed E-state index contributed by atoms with van der Waals surface area (Å²) >= 11 is 0. The van der Waals surface area contributed by atoms with E-state index in [0.717, 1.165) is 10.5 Å². The third-order valence-corrected chi connectivity index (χ3v) is 5.84. The van der Waals surface area contributed by atoms with Crippen LogP contribution in [-0.2, 0) is 16.8 Å². The minimum absolute atomic E-state index is 0.427. The molecule has 1 heterocycles. The molecule has 0 fully saturated rings. The minimum Gasteiger partial charge on any atom is -0.244 e.